The second-order valence-corrected chi connectivity index (χ2v) is 7.03. The molecule has 0 spiro atoms. The van der Waals surface area contributed by atoms with E-state index < -0.39 is 0 Å². The molecule has 6 heteroatoms. The number of anilines is 1. The number of nitrogens with one attached hydrogen (secondary N) is 1. The van der Waals surface area contributed by atoms with Gasteiger partial charge in [-0.15, -0.1) is 0 Å². The Labute approximate surface area is 162 Å². The number of hydrogen-bond donors (Lipinski definition) is 1. The molecule has 142 valence electrons. The van der Waals surface area contributed by atoms with Gasteiger partial charge in [0.1, 0.15) is 12.4 Å². The molecule has 6 nitrogen and oxygen atoms in total. The van der Waals surface area contributed by atoms with Gasteiger partial charge in [0, 0.05) is 37.6 Å². The van der Waals surface area contributed by atoms with Crippen molar-refractivity contribution in [1.29, 1.82) is 0 Å². The number of benzene rings is 1. The van der Waals surface area contributed by atoms with Crippen molar-refractivity contribution in [2.75, 3.05) is 5.32 Å². The maximum Gasteiger partial charge on any atom is 0.253 e. The Balaban J connectivity index is 1.76. The zero-order valence-corrected chi connectivity index (χ0v) is 15.9. The zero-order valence-electron chi connectivity index (χ0n) is 15.9. The number of ether oxygens (including phenoxy) is 1. The number of aryl methyl sites for hydroxylation is 3. The summed E-state index contributed by atoms with van der Waals surface area (Å²) in [7, 11) is 1.75. The maximum absolute atomic E-state index is 12.0. The second kappa shape index (κ2) is 7.31. The van der Waals surface area contributed by atoms with Gasteiger partial charge < -0.3 is 14.6 Å². The van der Waals surface area contributed by atoms with Gasteiger partial charge in [-0.1, -0.05) is 0 Å². The van der Waals surface area contributed by atoms with E-state index in [0.717, 1.165) is 27.9 Å². The lowest BCUT2D eigenvalue weighted by Crippen LogP contribution is -2.20. The molecule has 1 aliphatic heterocycles. The van der Waals surface area contributed by atoms with E-state index in [0.29, 0.717) is 30.8 Å². The quantitative estimate of drug-likeness (QED) is 0.760. The maximum atomic E-state index is 12.0. The van der Waals surface area contributed by atoms with Gasteiger partial charge in [-0.25, -0.2) is 0 Å². The molecule has 0 bridgehead atoms. The lowest BCUT2D eigenvalue weighted by atomic mass is 9.96. The molecule has 0 radical (unpaired) electrons. The summed E-state index contributed by atoms with van der Waals surface area (Å²) in [5.41, 5.74) is 5.33. The van der Waals surface area contributed by atoms with Gasteiger partial charge in [-0.3, -0.25) is 14.6 Å². The van der Waals surface area contributed by atoms with E-state index in [4.69, 9.17) is 4.74 Å². The van der Waals surface area contributed by atoms with E-state index in [-0.39, 0.29) is 11.5 Å². The van der Waals surface area contributed by atoms with Crippen LogP contribution < -0.4 is 15.6 Å². The van der Waals surface area contributed by atoms with E-state index in [1.165, 1.54) is 0 Å². The molecule has 2 aromatic heterocycles. The molecule has 0 fully saturated rings. The summed E-state index contributed by atoms with van der Waals surface area (Å²) in [4.78, 5) is 28.0. The molecule has 1 amide bonds. The first kappa shape index (κ1) is 18.0. The molecule has 0 unspecified atom stereocenters. The highest BCUT2D eigenvalue weighted by Gasteiger charge is 2.21. The number of amides is 1. The Bertz CT molecular complexity index is 1080. The summed E-state index contributed by atoms with van der Waals surface area (Å²) >= 11 is 0. The van der Waals surface area contributed by atoms with Crippen molar-refractivity contribution in [3.63, 3.8) is 0 Å². The van der Waals surface area contributed by atoms with Crippen LogP contribution in [0.25, 0.3) is 11.1 Å². The minimum absolute atomic E-state index is 0.00744. The van der Waals surface area contributed by atoms with Gasteiger partial charge in [-0.05, 0) is 65.9 Å². The van der Waals surface area contributed by atoms with Crippen LogP contribution in [0.2, 0.25) is 0 Å². The van der Waals surface area contributed by atoms with Crippen molar-refractivity contribution in [3.05, 3.63) is 76.0 Å². The van der Waals surface area contributed by atoms with Crippen molar-refractivity contribution in [3.8, 4) is 16.9 Å². The Morgan fingerprint density at radius 3 is 2.64 bits per heavy atom. The molecule has 28 heavy (non-hydrogen) atoms. The predicted octanol–water partition coefficient (Wildman–Crippen LogP) is 3.22. The van der Waals surface area contributed by atoms with Crippen LogP contribution in [-0.2, 0) is 24.9 Å². The number of pyridine rings is 2. The van der Waals surface area contributed by atoms with Crippen LogP contribution >= 0.6 is 0 Å². The fourth-order valence-electron chi connectivity index (χ4n) is 3.42. The van der Waals surface area contributed by atoms with Crippen molar-refractivity contribution in [1.82, 2.24) is 9.55 Å². The number of aromatic nitrogens is 2. The van der Waals surface area contributed by atoms with Crippen LogP contribution in [0.1, 0.15) is 23.1 Å². The minimum atomic E-state index is -0.0110. The second-order valence-electron chi connectivity index (χ2n) is 7.03. The van der Waals surface area contributed by atoms with Gasteiger partial charge in [-0.2, -0.15) is 0 Å². The predicted molar refractivity (Wildman–Crippen MR) is 107 cm³/mol. The highest BCUT2D eigenvalue weighted by atomic mass is 16.5. The standard InChI is InChI=1S/C22H21N3O3/c1-14-9-18(12-25(2)22(14)27)17-10-16-3-4-20(26)24-21(16)19(11-17)28-13-15-5-7-23-8-6-15/h5-12H,3-4,13H2,1-2H3,(H,24,26). The SMILES string of the molecule is Cc1cc(-c2cc3c(c(OCc4ccncc4)c2)NC(=O)CC3)cn(C)c1=O. The zero-order chi connectivity index (χ0) is 19.7. The van der Waals surface area contributed by atoms with Crippen molar-refractivity contribution in [2.45, 2.75) is 26.4 Å². The molecule has 0 saturated carbocycles. The summed E-state index contributed by atoms with van der Waals surface area (Å²) in [6.07, 6.45) is 6.38. The highest BCUT2D eigenvalue weighted by molar-refractivity contribution is 5.96. The molecular formula is C22H21N3O3. The van der Waals surface area contributed by atoms with Crippen LogP contribution in [0.4, 0.5) is 5.69 Å². The normalized spacial score (nSPS) is 13.0. The highest BCUT2D eigenvalue weighted by Crippen LogP contribution is 2.38. The van der Waals surface area contributed by atoms with Crippen LogP contribution in [0.5, 0.6) is 5.75 Å². The largest absolute Gasteiger partial charge is 0.487 e. The van der Waals surface area contributed by atoms with E-state index in [2.05, 4.69) is 16.4 Å². The molecule has 1 aromatic carbocycles. The number of carbonyl (C=O) groups is 1. The molecule has 3 aromatic rings. The van der Waals surface area contributed by atoms with E-state index in [1.807, 2.05) is 37.4 Å². The monoisotopic (exact) mass is 375 g/mol. The third kappa shape index (κ3) is 3.53. The fourth-order valence-corrected chi connectivity index (χ4v) is 3.42. The van der Waals surface area contributed by atoms with Gasteiger partial charge in [0.2, 0.25) is 5.91 Å². The molecular weight excluding hydrogens is 354 g/mol. The molecule has 0 aliphatic carbocycles. The third-order valence-electron chi connectivity index (χ3n) is 4.91. The molecule has 3 heterocycles. The third-order valence-corrected chi connectivity index (χ3v) is 4.91. The van der Waals surface area contributed by atoms with Crippen LogP contribution in [0, 0.1) is 6.92 Å². The Hall–Kier alpha value is -3.41. The summed E-state index contributed by atoms with van der Waals surface area (Å²) in [5, 5.41) is 2.94. The lowest BCUT2D eigenvalue weighted by Gasteiger charge is -2.22. The minimum Gasteiger partial charge on any atom is -0.487 e. The van der Waals surface area contributed by atoms with Crippen LogP contribution in [-0.4, -0.2) is 15.5 Å². The Morgan fingerprint density at radius 2 is 1.89 bits per heavy atom. The molecule has 4 rings (SSSR count). The van der Waals surface area contributed by atoms with Crippen molar-refractivity contribution in [2.24, 2.45) is 7.05 Å². The molecule has 0 saturated heterocycles. The number of nitrogens with zero attached hydrogens (tertiary/aromatic N) is 2. The molecule has 1 N–H and O–H groups in total. The summed E-state index contributed by atoms with van der Waals surface area (Å²) in [6, 6.07) is 9.66. The summed E-state index contributed by atoms with van der Waals surface area (Å²) in [6.45, 7) is 2.19. The summed E-state index contributed by atoms with van der Waals surface area (Å²) < 4.78 is 7.66. The van der Waals surface area contributed by atoms with Gasteiger partial charge in [0.15, 0.2) is 0 Å². The lowest BCUT2D eigenvalue weighted by molar-refractivity contribution is -0.116. The first-order valence-corrected chi connectivity index (χ1v) is 9.17. The number of fused-ring (bicyclic) bond motifs is 1. The molecule has 1 aliphatic rings. The number of carbonyl (C=O) groups excluding carboxylic acids is 1. The van der Waals surface area contributed by atoms with E-state index in [1.54, 1.807) is 24.0 Å². The van der Waals surface area contributed by atoms with Crippen LogP contribution in [0.3, 0.4) is 0 Å². The average molecular weight is 375 g/mol. The Morgan fingerprint density at radius 1 is 1.11 bits per heavy atom. The van der Waals surface area contributed by atoms with E-state index in [9.17, 15) is 9.59 Å². The number of rotatable bonds is 4. The Kier molecular flexibility index (Phi) is 4.69. The topological polar surface area (TPSA) is 73.2 Å². The van der Waals surface area contributed by atoms with Crippen LogP contribution in [0.15, 0.2) is 53.7 Å². The smallest absolute Gasteiger partial charge is 0.253 e. The number of hydrogen-bond acceptors (Lipinski definition) is 4. The van der Waals surface area contributed by atoms with Crippen molar-refractivity contribution >= 4 is 11.6 Å². The fraction of sp³-hybridized carbons (Fsp3) is 0.227. The average Bonchev–Trinajstić information content (AvgIpc) is 2.70. The summed E-state index contributed by atoms with van der Waals surface area (Å²) in [5.74, 6) is 0.621. The first-order chi connectivity index (χ1) is 13.5. The molecule has 0 atom stereocenters. The van der Waals surface area contributed by atoms with Gasteiger partial charge >= 0.3 is 0 Å². The van der Waals surface area contributed by atoms with Gasteiger partial charge in [0.05, 0.1) is 5.69 Å². The van der Waals surface area contributed by atoms with Gasteiger partial charge in [0.25, 0.3) is 5.56 Å². The van der Waals surface area contributed by atoms with Crippen molar-refractivity contribution < 1.29 is 9.53 Å². The van der Waals surface area contributed by atoms with E-state index >= 15 is 0 Å². The first-order valence-electron chi connectivity index (χ1n) is 9.17.